The molecule has 15 heavy (non-hydrogen) atoms. The van der Waals surface area contributed by atoms with Gasteiger partial charge in [0.25, 0.3) is 0 Å². The van der Waals surface area contributed by atoms with Gasteiger partial charge in [0, 0.05) is 24.3 Å². The fourth-order valence-corrected chi connectivity index (χ4v) is 3.06. The number of hydrogen-bond acceptors (Lipinski definition) is 4. The Hall–Kier alpha value is -0.130. The number of sulfone groups is 1. The third kappa shape index (κ3) is 4.09. The van der Waals surface area contributed by atoms with E-state index in [4.69, 9.17) is 4.74 Å². The summed E-state index contributed by atoms with van der Waals surface area (Å²) in [5, 5.41) is 3.26. The Balaban J connectivity index is 2.57. The van der Waals surface area contributed by atoms with E-state index in [0.29, 0.717) is 12.5 Å². The Kier molecular flexibility index (Phi) is 5.02. The van der Waals surface area contributed by atoms with E-state index in [0.717, 1.165) is 19.6 Å². The van der Waals surface area contributed by atoms with Crippen LogP contribution in [0, 0.1) is 5.92 Å². The molecule has 0 aromatic heterocycles. The van der Waals surface area contributed by atoms with Gasteiger partial charge in [0.2, 0.25) is 0 Å². The van der Waals surface area contributed by atoms with E-state index in [1.165, 1.54) is 0 Å². The Labute approximate surface area is 92.3 Å². The zero-order valence-electron chi connectivity index (χ0n) is 9.53. The van der Waals surface area contributed by atoms with Gasteiger partial charge in [0.05, 0.1) is 12.4 Å². The van der Waals surface area contributed by atoms with Crippen molar-refractivity contribution in [2.75, 3.05) is 31.3 Å². The van der Waals surface area contributed by atoms with Crippen LogP contribution in [0.1, 0.15) is 20.3 Å². The second-order valence-corrected chi connectivity index (χ2v) is 6.38. The van der Waals surface area contributed by atoms with Crippen LogP contribution in [0.2, 0.25) is 0 Å². The van der Waals surface area contributed by atoms with Gasteiger partial charge in [-0.15, -0.1) is 0 Å². The second kappa shape index (κ2) is 5.82. The number of nitrogens with one attached hydrogen (secondary N) is 1. The van der Waals surface area contributed by atoms with Crippen molar-refractivity contribution in [1.29, 1.82) is 0 Å². The number of rotatable bonds is 6. The lowest BCUT2D eigenvalue weighted by Gasteiger charge is -2.22. The molecule has 1 aliphatic rings. The summed E-state index contributed by atoms with van der Waals surface area (Å²) in [5.41, 5.74) is 0. The average Bonchev–Trinajstić information content (AvgIpc) is 2.70. The number of ether oxygens (including phenoxy) is 1. The van der Waals surface area contributed by atoms with Crippen molar-refractivity contribution in [3.63, 3.8) is 0 Å². The topological polar surface area (TPSA) is 55.4 Å². The fraction of sp³-hybridized carbons (Fsp3) is 1.00. The molecular formula is C10H21NO3S. The van der Waals surface area contributed by atoms with Crippen LogP contribution >= 0.6 is 0 Å². The summed E-state index contributed by atoms with van der Waals surface area (Å²) in [6.07, 6.45) is 0.969. The van der Waals surface area contributed by atoms with Crippen molar-refractivity contribution in [2.45, 2.75) is 26.3 Å². The molecule has 0 amide bonds. The zero-order valence-corrected chi connectivity index (χ0v) is 10.3. The van der Waals surface area contributed by atoms with Gasteiger partial charge in [-0.25, -0.2) is 8.42 Å². The monoisotopic (exact) mass is 235 g/mol. The van der Waals surface area contributed by atoms with Crippen LogP contribution in [0.4, 0.5) is 0 Å². The Morgan fingerprint density at radius 3 is 2.67 bits per heavy atom. The van der Waals surface area contributed by atoms with Gasteiger partial charge in [0.1, 0.15) is 0 Å². The van der Waals surface area contributed by atoms with Gasteiger partial charge in [-0.1, -0.05) is 13.8 Å². The lowest BCUT2D eigenvalue weighted by molar-refractivity contribution is 0.179. The molecule has 2 unspecified atom stereocenters. The summed E-state index contributed by atoms with van der Waals surface area (Å²) in [4.78, 5) is 0. The lowest BCUT2D eigenvalue weighted by atomic mass is 10.0. The van der Waals surface area contributed by atoms with Crippen LogP contribution in [0.5, 0.6) is 0 Å². The normalized spacial score (nSPS) is 24.3. The first-order valence-corrected chi connectivity index (χ1v) is 7.42. The van der Waals surface area contributed by atoms with E-state index in [9.17, 15) is 8.42 Å². The molecule has 1 N–H and O–H groups in total. The van der Waals surface area contributed by atoms with Gasteiger partial charge in [-0.05, 0) is 13.0 Å². The highest BCUT2D eigenvalue weighted by Crippen LogP contribution is 2.18. The molecule has 0 aliphatic carbocycles. The quantitative estimate of drug-likeness (QED) is 0.725. The molecule has 0 bridgehead atoms. The largest absolute Gasteiger partial charge is 0.381 e. The summed E-state index contributed by atoms with van der Waals surface area (Å²) in [7, 11) is -2.90. The molecule has 1 aliphatic heterocycles. The maximum absolute atomic E-state index is 11.6. The fourth-order valence-electron chi connectivity index (χ4n) is 1.89. The first kappa shape index (κ1) is 12.9. The first-order chi connectivity index (χ1) is 7.09. The molecule has 4 nitrogen and oxygen atoms in total. The van der Waals surface area contributed by atoms with Crippen molar-refractivity contribution in [3.05, 3.63) is 0 Å². The Bertz CT molecular complexity index is 270. The third-order valence-corrected chi connectivity index (χ3v) is 4.62. The smallest absolute Gasteiger partial charge is 0.151 e. The SMILES string of the molecule is CCNC(CS(=O)(=O)CC)C1CCOC1. The highest BCUT2D eigenvalue weighted by atomic mass is 32.2. The molecule has 90 valence electrons. The lowest BCUT2D eigenvalue weighted by Crippen LogP contribution is -2.42. The molecule has 2 atom stereocenters. The van der Waals surface area contributed by atoms with Crippen LogP contribution in [0.15, 0.2) is 0 Å². The summed E-state index contributed by atoms with van der Waals surface area (Å²) in [6, 6.07) is 0.0578. The summed E-state index contributed by atoms with van der Waals surface area (Å²) in [5.74, 6) is 0.819. The Morgan fingerprint density at radius 2 is 2.20 bits per heavy atom. The summed E-state index contributed by atoms with van der Waals surface area (Å²) >= 11 is 0. The van der Waals surface area contributed by atoms with Crippen LogP contribution in [-0.2, 0) is 14.6 Å². The molecule has 0 aromatic carbocycles. The first-order valence-electron chi connectivity index (χ1n) is 5.60. The van der Waals surface area contributed by atoms with Gasteiger partial charge in [-0.3, -0.25) is 0 Å². The minimum atomic E-state index is -2.90. The van der Waals surface area contributed by atoms with E-state index < -0.39 is 9.84 Å². The molecule has 1 fully saturated rings. The molecule has 0 saturated carbocycles. The van der Waals surface area contributed by atoms with E-state index in [2.05, 4.69) is 5.32 Å². The van der Waals surface area contributed by atoms with E-state index >= 15 is 0 Å². The van der Waals surface area contributed by atoms with Crippen molar-refractivity contribution in [1.82, 2.24) is 5.32 Å². The second-order valence-electron chi connectivity index (χ2n) is 3.99. The van der Waals surface area contributed by atoms with Crippen molar-refractivity contribution in [3.8, 4) is 0 Å². The maximum atomic E-state index is 11.6. The molecule has 1 rings (SSSR count). The van der Waals surface area contributed by atoms with Crippen LogP contribution in [0.25, 0.3) is 0 Å². The summed E-state index contributed by atoms with van der Waals surface area (Å²) < 4.78 is 28.4. The minimum Gasteiger partial charge on any atom is -0.381 e. The highest BCUT2D eigenvalue weighted by molar-refractivity contribution is 7.91. The van der Waals surface area contributed by atoms with E-state index in [1.807, 2.05) is 6.92 Å². The minimum absolute atomic E-state index is 0.0578. The standard InChI is InChI=1S/C10H21NO3S/c1-3-11-10(8-15(12,13)4-2)9-5-6-14-7-9/h9-11H,3-8H2,1-2H3. The highest BCUT2D eigenvalue weighted by Gasteiger charge is 2.28. The average molecular weight is 235 g/mol. The van der Waals surface area contributed by atoms with E-state index in [-0.39, 0.29) is 17.5 Å². The molecule has 1 saturated heterocycles. The predicted octanol–water partition coefficient (Wildman–Crippen LogP) is 0.436. The zero-order chi connectivity index (χ0) is 11.3. The van der Waals surface area contributed by atoms with Crippen LogP contribution < -0.4 is 5.32 Å². The van der Waals surface area contributed by atoms with Crippen molar-refractivity contribution < 1.29 is 13.2 Å². The molecule has 0 radical (unpaired) electrons. The van der Waals surface area contributed by atoms with Gasteiger partial charge >= 0.3 is 0 Å². The molecule has 5 heteroatoms. The van der Waals surface area contributed by atoms with Gasteiger partial charge < -0.3 is 10.1 Å². The van der Waals surface area contributed by atoms with Crippen LogP contribution in [-0.4, -0.2) is 45.7 Å². The van der Waals surface area contributed by atoms with E-state index in [1.54, 1.807) is 6.92 Å². The third-order valence-electron chi connectivity index (χ3n) is 2.87. The van der Waals surface area contributed by atoms with Gasteiger partial charge in [0.15, 0.2) is 9.84 Å². The molecule has 0 aromatic rings. The molecule has 0 spiro atoms. The Morgan fingerprint density at radius 1 is 1.47 bits per heavy atom. The van der Waals surface area contributed by atoms with Gasteiger partial charge in [-0.2, -0.15) is 0 Å². The van der Waals surface area contributed by atoms with Crippen molar-refractivity contribution >= 4 is 9.84 Å². The molecule has 1 heterocycles. The predicted molar refractivity (Wildman–Crippen MR) is 60.7 cm³/mol. The maximum Gasteiger partial charge on any atom is 0.151 e. The summed E-state index contributed by atoms with van der Waals surface area (Å²) in [6.45, 7) is 5.96. The van der Waals surface area contributed by atoms with Crippen LogP contribution in [0.3, 0.4) is 0 Å². The number of hydrogen-bond donors (Lipinski definition) is 1. The molecular weight excluding hydrogens is 214 g/mol. The van der Waals surface area contributed by atoms with Crippen molar-refractivity contribution in [2.24, 2.45) is 5.92 Å².